The van der Waals surface area contributed by atoms with Crippen LogP contribution in [0, 0.1) is 0 Å². The summed E-state index contributed by atoms with van der Waals surface area (Å²) in [5.41, 5.74) is 2.78. The average molecular weight is 452 g/mol. The average Bonchev–Trinajstić information content (AvgIpc) is 2.76. The van der Waals surface area contributed by atoms with Crippen molar-refractivity contribution in [1.82, 2.24) is 0 Å². The molecule has 0 unspecified atom stereocenters. The molecular formula is C25H19Cl2NO3. The van der Waals surface area contributed by atoms with E-state index in [1.54, 1.807) is 12.1 Å². The number of hydrogen-bond donors (Lipinski definition) is 2. The van der Waals surface area contributed by atoms with Gasteiger partial charge in [0, 0.05) is 22.8 Å². The number of carboxylic acids is 1. The predicted octanol–water partition coefficient (Wildman–Crippen LogP) is 7.04. The molecule has 156 valence electrons. The van der Waals surface area contributed by atoms with Crippen molar-refractivity contribution in [3.05, 3.63) is 106 Å². The first-order valence-corrected chi connectivity index (χ1v) is 10.4. The maximum absolute atomic E-state index is 11.2. The summed E-state index contributed by atoms with van der Waals surface area (Å²) in [5.74, 6) is -0.290. The Hall–Kier alpha value is -3.21. The molecule has 0 bridgehead atoms. The van der Waals surface area contributed by atoms with E-state index in [2.05, 4.69) is 17.4 Å². The van der Waals surface area contributed by atoms with Crippen molar-refractivity contribution < 1.29 is 14.6 Å². The fraction of sp³-hybridized carbons (Fsp3) is 0.0800. The summed E-state index contributed by atoms with van der Waals surface area (Å²) in [6, 6.07) is 24.5. The van der Waals surface area contributed by atoms with Crippen LogP contribution >= 0.6 is 23.2 Å². The Bertz CT molecular complexity index is 1260. The summed E-state index contributed by atoms with van der Waals surface area (Å²) in [7, 11) is 0. The monoisotopic (exact) mass is 451 g/mol. The third-order valence-corrected chi connectivity index (χ3v) is 5.50. The van der Waals surface area contributed by atoms with Gasteiger partial charge >= 0.3 is 5.97 Å². The molecule has 0 aliphatic carbocycles. The van der Waals surface area contributed by atoms with E-state index in [0.29, 0.717) is 18.2 Å². The smallest absolute Gasteiger partial charge is 0.337 e. The second-order valence-corrected chi connectivity index (χ2v) is 7.88. The van der Waals surface area contributed by atoms with Crippen LogP contribution in [0.2, 0.25) is 10.0 Å². The van der Waals surface area contributed by atoms with Crippen LogP contribution in [0.4, 0.5) is 5.69 Å². The van der Waals surface area contributed by atoms with Gasteiger partial charge in [-0.3, -0.25) is 0 Å². The van der Waals surface area contributed by atoms with E-state index in [1.165, 1.54) is 6.07 Å². The van der Waals surface area contributed by atoms with Gasteiger partial charge in [0.15, 0.2) is 0 Å². The standard InChI is InChI=1S/C25H19Cl2NO3/c26-18-6-3-4-16(12-18)15-31-24-11-8-17-5-1-2-7-20(17)22(24)14-28-19-9-10-21(25(29)30)23(27)13-19/h1-13,28H,14-15H2,(H,29,30). The predicted molar refractivity (Wildman–Crippen MR) is 125 cm³/mol. The third-order valence-electron chi connectivity index (χ3n) is 4.95. The van der Waals surface area contributed by atoms with Crippen LogP contribution in [0.5, 0.6) is 5.75 Å². The lowest BCUT2D eigenvalue weighted by molar-refractivity contribution is 0.0697. The number of nitrogens with one attached hydrogen (secondary N) is 1. The second-order valence-electron chi connectivity index (χ2n) is 7.04. The number of aromatic carboxylic acids is 1. The molecule has 0 saturated carbocycles. The molecule has 4 aromatic carbocycles. The van der Waals surface area contributed by atoms with E-state index >= 15 is 0 Å². The van der Waals surface area contributed by atoms with Crippen molar-refractivity contribution in [2.75, 3.05) is 5.32 Å². The van der Waals surface area contributed by atoms with Gasteiger partial charge in [0.1, 0.15) is 12.4 Å². The van der Waals surface area contributed by atoms with Gasteiger partial charge < -0.3 is 15.2 Å². The summed E-state index contributed by atoms with van der Waals surface area (Å²) in [4.78, 5) is 11.2. The normalized spacial score (nSPS) is 10.8. The fourth-order valence-corrected chi connectivity index (χ4v) is 3.88. The number of anilines is 1. The fourth-order valence-electron chi connectivity index (χ4n) is 3.41. The van der Waals surface area contributed by atoms with Gasteiger partial charge in [-0.05, 0) is 52.7 Å². The molecule has 0 aliphatic rings. The summed E-state index contributed by atoms with van der Waals surface area (Å²) >= 11 is 12.2. The molecule has 0 radical (unpaired) electrons. The van der Waals surface area contributed by atoms with E-state index in [9.17, 15) is 4.79 Å². The van der Waals surface area contributed by atoms with Crippen molar-refractivity contribution in [1.29, 1.82) is 0 Å². The minimum atomic E-state index is -1.05. The molecule has 0 atom stereocenters. The minimum Gasteiger partial charge on any atom is -0.489 e. The maximum Gasteiger partial charge on any atom is 0.337 e. The number of rotatable bonds is 7. The number of ether oxygens (including phenoxy) is 1. The first-order valence-electron chi connectivity index (χ1n) is 9.66. The molecular weight excluding hydrogens is 433 g/mol. The first kappa shape index (κ1) is 21.0. The van der Waals surface area contributed by atoms with E-state index in [-0.39, 0.29) is 10.6 Å². The van der Waals surface area contributed by atoms with E-state index in [4.69, 9.17) is 33.0 Å². The van der Waals surface area contributed by atoms with Crippen LogP contribution in [0.3, 0.4) is 0 Å². The van der Waals surface area contributed by atoms with Crippen molar-refractivity contribution >= 4 is 45.6 Å². The molecule has 0 amide bonds. The maximum atomic E-state index is 11.2. The topological polar surface area (TPSA) is 58.6 Å². The molecule has 0 spiro atoms. The molecule has 0 saturated heterocycles. The zero-order valence-corrected chi connectivity index (χ0v) is 18.0. The van der Waals surface area contributed by atoms with Gasteiger partial charge in [0.25, 0.3) is 0 Å². The van der Waals surface area contributed by atoms with E-state index in [0.717, 1.165) is 33.3 Å². The Kier molecular flexibility index (Phi) is 6.31. The highest BCUT2D eigenvalue weighted by molar-refractivity contribution is 6.33. The molecule has 6 heteroatoms. The van der Waals surface area contributed by atoms with Crippen LogP contribution in [0.25, 0.3) is 10.8 Å². The third kappa shape index (κ3) is 4.93. The molecule has 4 aromatic rings. The molecule has 4 rings (SSSR count). The number of benzene rings is 4. The SMILES string of the molecule is O=C(O)c1ccc(NCc2c(OCc3cccc(Cl)c3)ccc3ccccc23)cc1Cl. The number of hydrogen-bond acceptors (Lipinski definition) is 3. The second kappa shape index (κ2) is 9.29. The van der Waals surface area contributed by atoms with Crippen molar-refractivity contribution in [2.24, 2.45) is 0 Å². The summed E-state index contributed by atoms with van der Waals surface area (Å²) in [5, 5.41) is 15.5. The van der Waals surface area contributed by atoms with Crippen LogP contribution in [0.1, 0.15) is 21.5 Å². The van der Waals surface area contributed by atoms with Gasteiger partial charge in [0.05, 0.1) is 10.6 Å². The van der Waals surface area contributed by atoms with Crippen molar-refractivity contribution in [3.8, 4) is 5.75 Å². The molecule has 2 N–H and O–H groups in total. The van der Waals surface area contributed by atoms with Crippen LogP contribution in [-0.2, 0) is 13.2 Å². The quantitative estimate of drug-likeness (QED) is 0.316. The van der Waals surface area contributed by atoms with Crippen molar-refractivity contribution in [3.63, 3.8) is 0 Å². The summed E-state index contributed by atoms with van der Waals surface area (Å²) < 4.78 is 6.15. The van der Waals surface area contributed by atoms with Gasteiger partial charge in [-0.1, -0.05) is 65.7 Å². The number of halogens is 2. The zero-order chi connectivity index (χ0) is 21.8. The van der Waals surface area contributed by atoms with Gasteiger partial charge in [0.2, 0.25) is 0 Å². The molecule has 0 aromatic heterocycles. The number of fused-ring (bicyclic) bond motifs is 1. The molecule has 31 heavy (non-hydrogen) atoms. The lowest BCUT2D eigenvalue weighted by Crippen LogP contribution is -2.05. The Morgan fingerprint density at radius 2 is 1.77 bits per heavy atom. The lowest BCUT2D eigenvalue weighted by Gasteiger charge is -2.16. The van der Waals surface area contributed by atoms with Crippen molar-refractivity contribution in [2.45, 2.75) is 13.2 Å². The Balaban J connectivity index is 1.61. The molecule has 4 nitrogen and oxygen atoms in total. The Labute approximate surface area is 190 Å². The van der Waals surface area contributed by atoms with Gasteiger partial charge in [-0.15, -0.1) is 0 Å². The van der Waals surface area contributed by atoms with Crippen LogP contribution < -0.4 is 10.1 Å². The zero-order valence-electron chi connectivity index (χ0n) is 16.4. The van der Waals surface area contributed by atoms with Gasteiger partial charge in [-0.2, -0.15) is 0 Å². The van der Waals surface area contributed by atoms with E-state index < -0.39 is 5.97 Å². The minimum absolute atomic E-state index is 0.0721. The number of carboxylic acid groups (broad SMARTS) is 1. The number of carbonyl (C=O) groups is 1. The van der Waals surface area contributed by atoms with E-state index in [1.807, 2.05) is 48.5 Å². The highest BCUT2D eigenvalue weighted by atomic mass is 35.5. The largest absolute Gasteiger partial charge is 0.489 e. The lowest BCUT2D eigenvalue weighted by atomic mass is 10.0. The highest BCUT2D eigenvalue weighted by Crippen LogP contribution is 2.30. The Morgan fingerprint density at radius 3 is 2.55 bits per heavy atom. The molecule has 0 heterocycles. The van der Waals surface area contributed by atoms with Crippen LogP contribution in [-0.4, -0.2) is 11.1 Å². The highest BCUT2D eigenvalue weighted by Gasteiger charge is 2.12. The van der Waals surface area contributed by atoms with Gasteiger partial charge in [-0.25, -0.2) is 4.79 Å². The summed E-state index contributed by atoms with van der Waals surface area (Å²) in [6.07, 6.45) is 0. The molecule has 0 fully saturated rings. The summed E-state index contributed by atoms with van der Waals surface area (Å²) in [6.45, 7) is 0.875. The van der Waals surface area contributed by atoms with Crippen LogP contribution in [0.15, 0.2) is 78.9 Å². The Morgan fingerprint density at radius 1 is 0.935 bits per heavy atom. The molecule has 0 aliphatic heterocycles. The first-order chi connectivity index (χ1) is 15.0.